The highest BCUT2D eigenvalue weighted by atomic mass is 32.2. The molecule has 1 amide bonds. The quantitative estimate of drug-likeness (QED) is 0.315. The molecule has 33 heavy (non-hydrogen) atoms. The molecular weight excluding hydrogens is 432 g/mol. The number of rotatable bonds is 5. The molecule has 0 bridgehead atoms. The summed E-state index contributed by atoms with van der Waals surface area (Å²) in [6, 6.07) is 15.4. The molecule has 4 N–H and O–H groups in total. The van der Waals surface area contributed by atoms with Crippen molar-refractivity contribution in [1.82, 2.24) is 9.88 Å². The summed E-state index contributed by atoms with van der Waals surface area (Å²) in [4.78, 5) is 19.6. The van der Waals surface area contributed by atoms with Crippen LogP contribution < -0.4 is 10.6 Å². The number of benzene rings is 2. The van der Waals surface area contributed by atoms with Gasteiger partial charge in [0.25, 0.3) is 5.91 Å². The van der Waals surface area contributed by atoms with Crippen molar-refractivity contribution in [3.05, 3.63) is 65.9 Å². The summed E-state index contributed by atoms with van der Waals surface area (Å²) >= 11 is 1.11. The second-order valence-corrected chi connectivity index (χ2v) is 9.60. The molecule has 0 aliphatic carbocycles. The van der Waals surface area contributed by atoms with Gasteiger partial charge in [-0.3, -0.25) is 15.6 Å². The van der Waals surface area contributed by atoms with Gasteiger partial charge in [0.1, 0.15) is 10.9 Å². The second-order valence-electron chi connectivity index (χ2n) is 8.38. The summed E-state index contributed by atoms with van der Waals surface area (Å²) in [6.07, 6.45) is 3.89. The average molecular weight is 461 g/mol. The first-order chi connectivity index (χ1) is 15.9. The number of nitrogens with zero attached hydrogens (tertiary/aromatic N) is 2. The molecule has 7 nitrogen and oxygen atoms in total. The van der Waals surface area contributed by atoms with E-state index in [-0.39, 0.29) is 5.91 Å². The summed E-state index contributed by atoms with van der Waals surface area (Å²) in [5, 5.41) is 24.7. The van der Waals surface area contributed by atoms with Gasteiger partial charge in [0, 0.05) is 34.4 Å². The minimum atomic E-state index is -0.215. The first-order valence-electron chi connectivity index (χ1n) is 11.0. The summed E-state index contributed by atoms with van der Waals surface area (Å²) in [5.74, 6) is 0.244. The number of fused-ring (bicyclic) bond motifs is 1. The van der Waals surface area contributed by atoms with Gasteiger partial charge in [-0.25, -0.2) is 4.98 Å². The van der Waals surface area contributed by atoms with Gasteiger partial charge in [0.15, 0.2) is 0 Å². The van der Waals surface area contributed by atoms with Crippen molar-refractivity contribution in [3.8, 4) is 0 Å². The number of piperidine rings is 1. The van der Waals surface area contributed by atoms with Crippen LogP contribution in [0.3, 0.4) is 0 Å². The fourth-order valence-corrected chi connectivity index (χ4v) is 4.44. The van der Waals surface area contributed by atoms with Crippen LogP contribution in [0.25, 0.3) is 10.8 Å². The van der Waals surface area contributed by atoms with Crippen molar-refractivity contribution in [3.63, 3.8) is 0 Å². The van der Waals surface area contributed by atoms with Crippen LogP contribution >= 0.6 is 11.8 Å². The molecule has 1 saturated heterocycles. The molecule has 2 heterocycles. The maximum absolute atomic E-state index is 12.9. The average Bonchev–Trinajstić information content (AvgIpc) is 2.80. The fraction of sp³-hybridized carbons (Fsp3) is 0.280. The lowest BCUT2D eigenvalue weighted by molar-refractivity contribution is 0.102. The van der Waals surface area contributed by atoms with Gasteiger partial charge in [-0.15, -0.1) is 0 Å². The molecule has 8 heteroatoms. The number of likely N-dealkylation sites (tertiary alicyclic amines) is 1. The van der Waals surface area contributed by atoms with E-state index >= 15 is 0 Å². The molecule has 1 fully saturated rings. The smallest absolute Gasteiger partial charge is 0.256 e. The van der Waals surface area contributed by atoms with Gasteiger partial charge in [-0.1, -0.05) is 30.0 Å². The van der Waals surface area contributed by atoms with Gasteiger partial charge < -0.3 is 15.5 Å². The van der Waals surface area contributed by atoms with Crippen LogP contribution in [0.1, 0.15) is 35.7 Å². The highest BCUT2D eigenvalue weighted by molar-refractivity contribution is 8.26. The standard InChI is InChI=1S/C25H28N6OS/c1-16(26)33-24(27)17-6-7-19-15-28-23(14-20(19)12-17)30-25(32)18-4-3-5-22(13-18)29-21-8-10-31(2)11-9-21/h3-7,12-15,21,26-27,29H,8-11H2,1-2H3,(H,28,30,32). The van der Waals surface area contributed by atoms with Crippen molar-refractivity contribution < 1.29 is 4.79 Å². The molecule has 1 aliphatic rings. The van der Waals surface area contributed by atoms with E-state index in [1.54, 1.807) is 19.2 Å². The predicted octanol–water partition coefficient (Wildman–Crippen LogP) is 5.05. The van der Waals surface area contributed by atoms with Crippen molar-refractivity contribution in [2.75, 3.05) is 30.8 Å². The minimum Gasteiger partial charge on any atom is -0.382 e. The Morgan fingerprint density at radius 2 is 1.85 bits per heavy atom. The zero-order valence-corrected chi connectivity index (χ0v) is 19.6. The van der Waals surface area contributed by atoms with Crippen LogP contribution in [-0.4, -0.2) is 52.1 Å². The molecule has 0 unspecified atom stereocenters. The Balaban J connectivity index is 1.47. The number of carbonyl (C=O) groups excluding carboxylic acids is 1. The number of carbonyl (C=O) groups is 1. The Morgan fingerprint density at radius 3 is 2.61 bits per heavy atom. The maximum Gasteiger partial charge on any atom is 0.256 e. The Kier molecular flexibility index (Phi) is 7.05. The largest absolute Gasteiger partial charge is 0.382 e. The van der Waals surface area contributed by atoms with Crippen LogP contribution in [0.2, 0.25) is 0 Å². The zero-order valence-electron chi connectivity index (χ0n) is 18.8. The van der Waals surface area contributed by atoms with E-state index in [1.165, 1.54) is 0 Å². The fourth-order valence-electron chi connectivity index (χ4n) is 3.89. The van der Waals surface area contributed by atoms with Crippen molar-refractivity contribution in [2.45, 2.75) is 25.8 Å². The highest BCUT2D eigenvalue weighted by Gasteiger charge is 2.17. The van der Waals surface area contributed by atoms with Crippen molar-refractivity contribution >= 4 is 50.0 Å². The molecule has 3 aromatic rings. The zero-order chi connectivity index (χ0) is 23.4. The molecule has 2 aromatic carbocycles. The summed E-state index contributed by atoms with van der Waals surface area (Å²) in [6.45, 7) is 3.81. The Hall–Kier alpha value is -3.23. The first-order valence-corrected chi connectivity index (χ1v) is 11.8. The lowest BCUT2D eigenvalue weighted by Crippen LogP contribution is -2.36. The number of thioether (sulfide) groups is 1. The first kappa shape index (κ1) is 22.9. The van der Waals surface area contributed by atoms with Crippen LogP contribution in [0.4, 0.5) is 11.5 Å². The van der Waals surface area contributed by atoms with E-state index in [2.05, 4.69) is 27.6 Å². The minimum absolute atomic E-state index is 0.215. The molecule has 0 saturated carbocycles. The van der Waals surface area contributed by atoms with Crippen LogP contribution in [0, 0.1) is 10.8 Å². The molecule has 0 spiro atoms. The molecular formula is C25H28N6OS. The van der Waals surface area contributed by atoms with Crippen molar-refractivity contribution in [2.24, 2.45) is 0 Å². The summed E-state index contributed by atoms with van der Waals surface area (Å²) in [7, 11) is 2.14. The topological polar surface area (TPSA) is 105 Å². The van der Waals surface area contributed by atoms with Crippen LogP contribution in [0.5, 0.6) is 0 Å². The highest BCUT2D eigenvalue weighted by Crippen LogP contribution is 2.23. The van der Waals surface area contributed by atoms with E-state index in [4.69, 9.17) is 10.8 Å². The normalized spacial score (nSPS) is 14.7. The summed E-state index contributed by atoms with van der Waals surface area (Å²) < 4.78 is 0. The van der Waals surface area contributed by atoms with Gasteiger partial charge >= 0.3 is 0 Å². The Bertz CT molecular complexity index is 1200. The maximum atomic E-state index is 12.9. The van der Waals surface area contributed by atoms with E-state index in [1.807, 2.05) is 42.5 Å². The number of nitrogens with one attached hydrogen (secondary N) is 4. The van der Waals surface area contributed by atoms with E-state index in [0.717, 1.165) is 59.7 Å². The molecule has 170 valence electrons. The van der Waals surface area contributed by atoms with Gasteiger partial charge in [-0.05, 0) is 75.6 Å². The molecule has 4 rings (SSSR count). The number of hydrogen-bond donors (Lipinski definition) is 4. The monoisotopic (exact) mass is 460 g/mol. The molecule has 0 radical (unpaired) electrons. The van der Waals surface area contributed by atoms with Gasteiger partial charge in [0.05, 0.1) is 5.04 Å². The third kappa shape index (κ3) is 5.97. The molecule has 0 atom stereocenters. The number of aromatic nitrogens is 1. The summed E-state index contributed by atoms with van der Waals surface area (Å²) in [5.41, 5.74) is 2.25. The van der Waals surface area contributed by atoms with E-state index in [0.29, 0.717) is 27.5 Å². The third-order valence-corrected chi connectivity index (χ3v) is 6.44. The van der Waals surface area contributed by atoms with Gasteiger partial charge in [-0.2, -0.15) is 0 Å². The van der Waals surface area contributed by atoms with E-state index in [9.17, 15) is 4.79 Å². The molecule has 1 aliphatic heterocycles. The van der Waals surface area contributed by atoms with Gasteiger partial charge in [0.2, 0.25) is 0 Å². The Morgan fingerprint density at radius 1 is 1.06 bits per heavy atom. The lowest BCUT2D eigenvalue weighted by atomic mass is 10.0. The second kappa shape index (κ2) is 10.1. The van der Waals surface area contributed by atoms with Crippen LogP contribution in [0.15, 0.2) is 54.7 Å². The lowest BCUT2D eigenvalue weighted by Gasteiger charge is -2.30. The number of pyridine rings is 1. The Labute approximate surface area is 198 Å². The number of hydrogen-bond acceptors (Lipinski definition) is 7. The number of anilines is 2. The SMILES string of the molecule is CC(=N)SC(=N)c1ccc2cnc(NC(=O)c3cccc(NC4CCN(C)CC4)c3)cc2c1. The predicted molar refractivity (Wildman–Crippen MR) is 138 cm³/mol. The third-order valence-electron chi connectivity index (χ3n) is 5.69. The number of amides is 1. The van der Waals surface area contributed by atoms with Crippen molar-refractivity contribution in [1.29, 1.82) is 10.8 Å². The van der Waals surface area contributed by atoms with Crippen LogP contribution in [-0.2, 0) is 0 Å². The van der Waals surface area contributed by atoms with E-state index < -0.39 is 0 Å². The molecule has 1 aromatic heterocycles.